The number of ketones is 1. The Labute approximate surface area is 251 Å². The monoisotopic (exact) mass is 596 g/mol. The van der Waals surface area contributed by atoms with Crippen molar-refractivity contribution in [3.63, 3.8) is 0 Å². The highest BCUT2D eigenvalue weighted by molar-refractivity contribution is 7.89. The molecule has 9 heteroatoms. The number of esters is 1. The first-order valence-electron chi connectivity index (χ1n) is 13.7. The molecule has 0 atom stereocenters. The number of benzene rings is 3. The van der Waals surface area contributed by atoms with Gasteiger partial charge in [0.05, 0.1) is 24.2 Å². The highest BCUT2D eigenvalue weighted by Gasteiger charge is 2.38. The van der Waals surface area contributed by atoms with Gasteiger partial charge in [0.15, 0.2) is 0 Å². The number of ether oxygens (including phenoxy) is 1. The SMILES string of the molecule is COC(=O)C1=C(C)N(c2ccc(C)cc2)/C(=C/c2ccc(CN(Cc3ccccc3)S(=O)(=O)c3ccc(C)cc3)o2)C1=O. The molecule has 0 bridgehead atoms. The first kappa shape index (κ1) is 29.8. The van der Waals surface area contributed by atoms with E-state index < -0.39 is 21.8 Å². The predicted octanol–water partition coefficient (Wildman–Crippen LogP) is 6.16. The Morgan fingerprint density at radius 3 is 2.12 bits per heavy atom. The average Bonchev–Trinajstić information content (AvgIpc) is 3.54. The van der Waals surface area contributed by atoms with E-state index in [-0.39, 0.29) is 29.3 Å². The lowest BCUT2D eigenvalue weighted by molar-refractivity contribution is -0.137. The molecule has 0 fully saturated rings. The molecule has 2 heterocycles. The summed E-state index contributed by atoms with van der Waals surface area (Å²) in [5.41, 5.74) is 4.14. The van der Waals surface area contributed by atoms with Crippen LogP contribution < -0.4 is 4.90 Å². The van der Waals surface area contributed by atoms with Gasteiger partial charge in [-0.3, -0.25) is 4.79 Å². The van der Waals surface area contributed by atoms with Crippen LogP contribution in [0.2, 0.25) is 0 Å². The van der Waals surface area contributed by atoms with Crippen LogP contribution in [-0.2, 0) is 37.4 Å². The van der Waals surface area contributed by atoms with E-state index in [4.69, 9.17) is 9.15 Å². The fourth-order valence-corrected chi connectivity index (χ4v) is 6.32. The van der Waals surface area contributed by atoms with E-state index in [1.165, 1.54) is 11.4 Å². The van der Waals surface area contributed by atoms with Crippen molar-refractivity contribution in [3.8, 4) is 0 Å². The van der Waals surface area contributed by atoms with Crippen molar-refractivity contribution in [1.82, 2.24) is 4.31 Å². The first-order chi connectivity index (χ1) is 20.6. The van der Waals surface area contributed by atoms with E-state index >= 15 is 0 Å². The summed E-state index contributed by atoms with van der Waals surface area (Å²) < 4.78 is 39.8. The zero-order valence-corrected chi connectivity index (χ0v) is 25.2. The van der Waals surface area contributed by atoms with E-state index in [0.717, 1.165) is 16.7 Å². The number of nitrogens with zero attached hydrogens (tertiary/aromatic N) is 2. The van der Waals surface area contributed by atoms with Crippen molar-refractivity contribution in [2.24, 2.45) is 0 Å². The van der Waals surface area contributed by atoms with Gasteiger partial charge >= 0.3 is 5.97 Å². The van der Waals surface area contributed by atoms with Crippen molar-refractivity contribution in [1.29, 1.82) is 0 Å². The van der Waals surface area contributed by atoms with Gasteiger partial charge < -0.3 is 14.1 Å². The van der Waals surface area contributed by atoms with Crippen molar-refractivity contribution >= 4 is 33.5 Å². The highest BCUT2D eigenvalue weighted by Crippen LogP contribution is 2.36. The van der Waals surface area contributed by atoms with Crippen LogP contribution in [0.15, 0.2) is 117 Å². The molecule has 8 nitrogen and oxygen atoms in total. The number of carbonyl (C=O) groups is 2. The van der Waals surface area contributed by atoms with Gasteiger partial charge in [-0.05, 0) is 62.7 Å². The Hall–Kier alpha value is -4.73. The number of furan rings is 1. The molecule has 0 saturated carbocycles. The summed E-state index contributed by atoms with van der Waals surface area (Å²) in [6, 6.07) is 27.0. The fraction of sp³-hybridized carbons (Fsp3) is 0.176. The molecule has 0 radical (unpaired) electrons. The Morgan fingerprint density at radius 2 is 1.49 bits per heavy atom. The number of rotatable bonds is 9. The summed E-state index contributed by atoms with van der Waals surface area (Å²) in [5, 5.41) is 0. The fourth-order valence-electron chi connectivity index (χ4n) is 4.92. The zero-order chi connectivity index (χ0) is 30.7. The highest BCUT2D eigenvalue weighted by atomic mass is 32.2. The smallest absolute Gasteiger partial charge is 0.343 e. The zero-order valence-electron chi connectivity index (χ0n) is 24.4. The lowest BCUT2D eigenvalue weighted by Gasteiger charge is -2.22. The molecule has 1 aromatic heterocycles. The van der Waals surface area contributed by atoms with E-state index in [0.29, 0.717) is 22.9 Å². The van der Waals surface area contributed by atoms with Crippen LogP contribution >= 0.6 is 0 Å². The van der Waals surface area contributed by atoms with Crippen LogP contribution in [0.3, 0.4) is 0 Å². The predicted molar refractivity (Wildman–Crippen MR) is 164 cm³/mol. The van der Waals surface area contributed by atoms with Gasteiger partial charge in [-0.15, -0.1) is 0 Å². The summed E-state index contributed by atoms with van der Waals surface area (Å²) in [7, 11) is -2.64. The molecule has 0 saturated heterocycles. The molecule has 43 heavy (non-hydrogen) atoms. The quantitative estimate of drug-likeness (QED) is 0.130. The van der Waals surface area contributed by atoms with Crippen LogP contribution in [-0.4, -0.2) is 31.6 Å². The Bertz CT molecular complexity index is 1820. The molecule has 5 rings (SSSR count). The van der Waals surface area contributed by atoms with Crippen LogP contribution in [0.4, 0.5) is 5.69 Å². The van der Waals surface area contributed by atoms with Crippen LogP contribution in [0.25, 0.3) is 6.08 Å². The number of Topliss-reactive ketones (excluding diaryl/α,β-unsaturated/α-hetero) is 1. The van der Waals surface area contributed by atoms with Crippen LogP contribution in [0, 0.1) is 13.8 Å². The number of sulfonamides is 1. The maximum atomic E-state index is 13.7. The molecule has 1 aliphatic heterocycles. The Morgan fingerprint density at radius 1 is 0.860 bits per heavy atom. The summed E-state index contributed by atoms with van der Waals surface area (Å²) >= 11 is 0. The van der Waals surface area contributed by atoms with Crippen LogP contribution in [0.5, 0.6) is 0 Å². The number of hydrogen-bond donors (Lipinski definition) is 0. The number of methoxy groups -OCH3 is 1. The first-order valence-corrected chi connectivity index (χ1v) is 15.1. The van der Waals surface area contributed by atoms with E-state index in [2.05, 4.69) is 0 Å². The number of anilines is 1. The van der Waals surface area contributed by atoms with E-state index in [1.807, 2.05) is 68.4 Å². The van der Waals surface area contributed by atoms with Crippen LogP contribution in [0.1, 0.15) is 35.1 Å². The Kier molecular flexibility index (Phi) is 8.47. The molecule has 0 N–H and O–H groups in total. The van der Waals surface area contributed by atoms with Crippen molar-refractivity contribution in [2.75, 3.05) is 12.0 Å². The number of carbonyl (C=O) groups excluding carboxylic acids is 2. The van der Waals surface area contributed by atoms with Gasteiger partial charge in [-0.25, -0.2) is 13.2 Å². The molecule has 0 spiro atoms. The second-order valence-corrected chi connectivity index (χ2v) is 12.3. The molecular formula is C34H32N2O6S. The van der Waals surface area contributed by atoms with E-state index in [9.17, 15) is 18.0 Å². The average molecular weight is 597 g/mol. The maximum absolute atomic E-state index is 13.7. The Balaban J connectivity index is 1.49. The number of allylic oxidation sites excluding steroid dienone is 2. The molecule has 220 valence electrons. The molecule has 1 aliphatic rings. The van der Waals surface area contributed by atoms with Gasteiger partial charge in [0.2, 0.25) is 15.8 Å². The molecule has 0 aliphatic carbocycles. The van der Waals surface area contributed by atoms with Gasteiger partial charge in [-0.2, -0.15) is 4.31 Å². The molecule has 3 aromatic carbocycles. The van der Waals surface area contributed by atoms with Crippen molar-refractivity contribution in [3.05, 3.63) is 136 Å². The maximum Gasteiger partial charge on any atom is 0.343 e. The normalized spacial score (nSPS) is 14.7. The molecule has 0 amide bonds. The minimum absolute atomic E-state index is 0.0331. The third-order valence-electron chi connectivity index (χ3n) is 7.23. The molecular weight excluding hydrogens is 564 g/mol. The van der Waals surface area contributed by atoms with Crippen molar-refractivity contribution < 1.29 is 27.2 Å². The standard InChI is InChI=1S/C34H32N2O6S/c1-23-10-14-27(15-11-23)36-25(3)32(34(38)41-4)33(37)31(36)20-28-16-17-29(42-28)22-35(21-26-8-6-5-7-9-26)43(39,40)30-18-12-24(2)13-19-30/h5-20H,21-22H2,1-4H3/b31-20+. The topological polar surface area (TPSA) is 97.1 Å². The van der Waals surface area contributed by atoms with E-state index in [1.54, 1.807) is 54.3 Å². The third kappa shape index (κ3) is 6.23. The second kappa shape index (κ2) is 12.2. The van der Waals surface area contributed by atoms with Gasteiger partial charge in [0, 0.05) is 24.0 Å². The lowest BCUT2D eigenvalue weighted by atomic mass is 10.1. The van der Waals surface area contributed by atoms with Gasteiger partial charge in [0.25, 0.3) is 0 Å². The number of hydrogen-bond acceptors (Lipinski definition) is 7. The minimum atomic E-state index is -3.87. The summed E-state index contributed by atoms with van der Waals surface area (Å²) in [5.74, 6) is -0.484. The van der Waals surface area contributed by atoms with Gasteiger partial charge in [0.1, 0.15) is 17.1 Å². The summed E-state index contributed by atoms with van der Waals surface area (Å²) in [6.45, 7) is 5.66. The van der Waals surface area contributed by atoms with Gasteiger partial charge in [-0.1, -0.05) is 65.7 Å². The molecule has 0 unspecified atom stereocenters. The minimum Gasteiger partial charge on any atom is -0.465 e. The third-order valence-corrected chi connectivity index (χ3v) is 9.04. The summed E-state index contributed by atoms with van der Waals surface area (Å²) in [6.07, 6.45) is 1.56. The number of aryl methyl sites for hydroxylation is 2. The van der Waals surface area contributed by atoms with Crippen molar-refractivity contribution in [2.45, 2.75) is 38.8 Å². The lowest BCUT2D eigenvalue weighted by Crippen LogP contribution is -2.30. The largest absolute Gasteiger partial charge is 0.465 e. The molecule has 4 aromatic rings. The summed E-state index contributed by atoms with van der Waals surface area (Å²) in [4.78, 5) is 27.9. The second-order valence-electron chi connectivity index (χ2n) is 10.4.